The maximum Gasteiger partial charge on any atom is 0.152 e. The van der Waals surface area contributed by atoms with Gasteiger partial charge in [0.15, 0.2) is 9.84 Å². The summed E-state index contributed by atoms with van der Waals surface area (Å²) in [5.41, 5.74) is 6.07. The Morgan fingerprint density at radius 3 is 2.82 bits per heavy atom. The molecule has 1 saturated heterocycles. The molecule has 7 heteroatoms. The van der Waals surface area contributed by atoms with Crippen LogP contribution in [0.4, 0.5) is 11.5 Å². The second kappa shape index (κ2) is 4.70. The Bertz CT molecular complexity index is 518. The number of halogens is 1. The maximum absolute atomic E-state index is 11.5. The summed E-state index contributed by atoms with van der Waals surface area (Å²) in [6, 6.07) is 1.63. The molecule has 2 rings (SSSR count). The number of sulfone groups is 1. The molecule has 1 aromatic rings. The molecular weight excluding hydrogens is 262 g/mol. The molecule has 1 aromatic heterocycles. The normalized spacial score (nSPS) is 19.9. The molecule has 0 amide bonds. The summed E-state index contributed by atoms with van der Waals surface area (Å²) >= 11 is 6.05. The van der Waals surface area contributed by atoms with Gasteiger partial charge in [0.25, 0.3) is 0 Å². The molecule has 2 N–H and O–H groups in total. The summed E-state index contributed by atoms with van der Waals surface area (Å²) in [4.78, 5) is 6.06. The largest absolute Gasteiger partial charge is 0.397 e. The lowest BCUT2D eigenvalue weighted by atomic mass is 10.3. The van der Waals surface area contributed by atoms with Crippen LogP contribution in [0.2, 0.25) is 5.02 Å². The number of anilines is 2. The lowest BCUT2D eigenvalue weighted by Gasteiger charge is -2.21. The molecule has 17 heavy (non-hydrogen) atoms. The molecule has 0 atom stereocenters. The molecule has 0 saturated carbocycles. The minimum Gasteiger partial charge on any atom is -0.397 e. The Kier molecular flexibility index (Phi) is 3.44. The van der Waals surface area contributed by atoms with Crippen LogP contribution in [0.3, 0.4) is 0 Å². The van der Waals surface area contributed by atoms with Gasteiger partial charge >= 0.3 is 0 Å². The van der Waals surface area contributed by atoms with Crippen molar-refractivity contribution in [1.29, 1.82) is 0 Å². The lowest BCUT2D eigenvalue weighted by molar-refractivity contribution is 0.597. The first-order valence-electron chi connectivity index (χ1n) is 5.34. The Balaban J connectivity index is 2.23. The lowest BCUT2D eigenvalue weighted by Crippen LogP contribution is -2.27. The summed E-state index contributed by atoms with van der Waals surface area (Å²) < 4.78 is 23.0. The predicted molar refractivity (Wildman–Crippen MR) is 69.1 cm³/mol. The summed E-state index contributed by atoms with van der Waals surface area (Å²) in [7, 11) is -2.92. The number of hydrogen-bond donors (Lipinski definition) is 1. The van der Waals surface area contributed by atoms with Crippen LogP contribution >= 0.6 is 11.6 Å². The minimum atomic E-state index is -2.92. The molecule has 1 fully saturated rings. The van der Waals surface area contributed by atoms with Gasteiger partial charge in [0, 0.05) is 13.1 Å². The van der Waals surface area contributed by atoms with E-state index in [2.05, 4.69) is 4.98 Å². The highest BCUT2D eigenvalue weighted by atomic mass is 35.5. The fourth-order valence-electron chi connectivity index (χ4n) is 1.83. The summed E-state index contributed by atoms with van der Waals surface area (Å²) in [5, 5.41) is 0.462. The van der Waals surface area contributed by atoms with Crippen LogP contribution in [-0.4, -0.2) is 38.0 Å². The van der Waals surface area contributed by atoms with E-state index in [1.807, 2.05) is 4.90 Å². The van der Waals surface area contributed by atoms with E-state index in [1.54, 1.807) is 6.07 Å². The first-order valence-corrected chi connectivity index (χ1v) is 7.54. The molecule has 0 unspecified atom stereocenters. The SMILES string of the molecule is Nc1cnc(N2CCCS(=O)(=O)CC2)c(Cl)c1. The Hall–Kier alpha value is -1.01. The van der Waals surface area contributed by atoms with E-state index in [1.165, 1.54) is 6.20 Å². The van der Waals surface area contributed by atoms with E-state index in [-0.39, 0.29) is 11.5 Å². The van der Waals surface area contributed by atoms with E-state index < -0.39 is 9.84 Å². The Labute approximate surface area is 105 Å². The number of rotatable bonds is 1. The van der Waals surface area contributed by atoms with Crippen molar-refractivity contribution in [1.82, 2.24) is 4.98 Å². The topological polar surface area (TPSA) is 76.3 Å². The van der Waals surface area contributed by atoms with Gasteiger partial charge in [-0.1, -0.05) is 11.6 Å². The predicted octanol–water partition coefficient (Wildman–Crippen LogP) is 0.942. The molecule has 0 aromatic carbocycles. The van der Waals surface area contributed by atoms with Gasteiger partial charge in [-0.05, 0) is 12.5 Å². The van der Waals surface area contributed by atoms with Crippen molar-refractivity contribution in [2.45, 2.75) is 6.42 Å². The number of hydrogen-bond acceptors (Lipinski definition) is 5. The van der Waals surface area contributed by atoms with Crippen LogP contribution in [0.1, 0.15) is 6.42 Å². The van der Waals surface area contributed by atoms with Crippen LogP contribution < -0.4 is 10.6 Å². The summed E-state index contributed by atoms with van der Waals surface area (Å²) in [6.45, 7) is 1.08. The molecule has 0 aliphatic carbocycles. The molecule has 0 spiro atoms. The van der Waals surface area contributed by atoms with Crippen LogP contribution in [0.5, 0.6) is 0 Å². The minimum absolute atomic E-state index is 0.148. The van der Waals surface area contributed by atoms with Crippen molar-refractivity contribution in [3.8, 4) is 0 Å². The van der Waals surface area contributed by atoms with Crippen molar-refractivity contribution < 1.29 is 8.42 Å². The number of pyridine rings is 1. The van der Waals surface area contributed by atoms with Crippen LogP contribution in [0, 0.1) is 0 Å². The smallest absolute Gasteiger partial charge is 0.152 e. The zero-order valence-electron chi connectivity index (χ0n) is 9.26. The van der Waals surface area contributed by atoms with Crippen LogP contribution in [0.25, 0.3) is 0 Å². The second-order valence-electron chi connectivity index (χ2n) is 4.07. The Morgan fingerprint density at radius 1 is 1.35 bits per heavy atom. The summed E-state index contributed by atoms with van der Waals surface area (Å²) in [6.07, 6.45) is 2.13. The highest BCUT2D eigenvalue weighted by Gasteiger charge is 2.21. The van der Waals surface area contributed by atoms with Gasteiger partial charge in [-0.15, -0.1) is 0 Å². The van der Waals surface area contributed by atoms with E-state index in [4.69, 9.17) is 17.3 Å². The fourth-order valence-corrected chi connectivity index (χ4v) is 3.39. The Morgan fingerprint density at radius 2 is 2.12 bits per heavy atom. The van der Waals surface area contributed by atoms with Crippen LogP contribution in [-0.2, 0) is 9.84 Å². The highest BCUT2D eigenvalue weighted by Crippen LogP contribution is 2.25. The first-order chi connectivity index (χ1) is 7.98. The average Bonchev–Trinajstić information content (AvgIpc) is 2.40. The van der Waals surface area contributed by atoms with Gasteiger partial charge in [-0.25, -0.2) is 13.4 Å². The van der Waals surface area contributed by atoms with Gasteiger partial charge in [0.05, 0.1) is 28.4 Å². The van der Waals surface area contributed by atoms with E-state index >= 15 is 0 Å². The van der Waals surface area contributed by atoms with E-state index in [0.717, 1.165) is 0 Å². The second-order valence-corrected chi connectivity index (χ2v) is 6.78. The monoisotopic (exact) mass is 275 g/mol. The number of nitrogens with zero attached hydrogens (tertiary/aromatic N) is 2. The molecular formula is C10H14ClN3O2S. The molecule has 1 aliphatic rings. The third-order valence-electron chi connectivity index (χ3n) is 2.70. The molecule has 0 radical (unpaired) electrons. The van der Waals surface area contributed by atoms with Crippen molar-refractivity contribution in [3.05, 3.63) is 17.3 Å². The summed E-state index contributed by atoms with van der Waals surface area (Å²) in [5.74, 6) is 0.990. The van der Waals surface area contributed by atoms with E-state index in [9.17, 15) is 8.42 Å². The van der Waals surface area contributed by atoms with Gasteiger partial charge in [0.2, 0.25) is 0 Å². The van der Waals surface area contributed by atoms with Crippen molar-refractivity contribution in [2.24, 2.45) is 0 Å². The molecule has 5 nitrogen and oxygen atoms in total. The van der Waals surface area contributed by atoms with Gasteiger partial charge < -0.3 is 10.6 Å². The quantitative estimate of drug-likeness (QED) is 0.825. The molecule has 94 valence electrons. The van der Waals surface area contributed by atoms with Gasteiger partial charge in [-0.3, -0.25) is 0 Å². The first kappa shape index (κ1) is 12.4. The van der Waals surface area contributed by atoms with E-state index in [0.29, 0.717) is 36.0 Å². The molecule has 1 aliphatic heterocycles. The van der Waals surface area contributed by atoms with Gasteiger partial charge in [-0.2, -0.15) is 0 Å². The van der Waals surface area contributed by atoms with Crippen molar-refractivity contribution in [3.63, 3.8) is 0 Å². The molecule has 2 heterocycles. The maximum atomic E-state index is 11.5. The highest BCUT2D eigenvalue weighted by molar-refractivity contribution is 7.91. The molecule has 0 bridgehead atoms. The van der Waals surface area contributed by atoms with Crippen molar-refractivity contribution in [2.75, 3.05) is 35.2 Å². The van der Waals surface area contributed by atoms with Gasteiger partial charge in [0.1, 0.15) is 5.82 Å². The third-order valence-corrected chi connectivity index (χ3v) is 4.69. The number of aromatic nitrogens is 1. The average molecular weight is 276 g/mol. The fraction of sp³-hybridized carbons (Fsp3) is 0.500. The third kappa shape index (κ3) is 3.01. The zero-order valence-corrected chi connectivity index (χ0v) is 10.8. The van der Waals surface area contributed by atoms with Crippen LogP contribution in [0.15, 0.2) is 12.3 Å². The number of nitrogen functional groups attached to an aromatic ring is 1. The standard InChI is InChI=1S/C10H14ClN3O2S/c11-9-6-8(12)7-13-10(9)14-2-1-4-17(15,16)5-3-14/h6-7H,1-5,12H2. The van der Waals surface area contributed by atoms with Crippen molar-refractivity contribution >= 4 is 32.9 Å². The zero-order chi connectivity index (χ0) is 12.5. The number of nitrogens with two attached hydrogens (primary N) is 1.